The molecule has 27 heavy (non-hydrogen) atoms. The van der Waals surface area contributed by atoms with Crippen molar-refractivity contribution in [1.29, 1.82) is 0 Å². The molecule has 1 aromatic heterocycles. The Kier molecular flexibility index (Phi) is 4.97. The number of piperidine rings is 2. The maximum atomic E-state index is 11.1. The Morgan fingerprint density at radius 1 is 1.30 bits per heavy atom. The Bertz CT molecular complexity index is 783. The molecule has 0 bridgehead atoms. The van der Waals surface area contributed by atoms with Crippen LogP contribution in [-0.4, -0.2) is 59.1 Å². The molecule has 2 aliphatic heterocycles. The summed E-state index contributed by atoms with van der Waals surface area (Å²) in [5.41, 5.74) is 7.01. The van der Waals surface area contributed by atoms with Crippen molar-refractivity contribution < 1.29 is 9.32 Å². The first-order valence-corrected chi connectivity index (χ1v) is 9.61. The molecule has 1 unspecified atom stereocenters. The Hall–Kier alpha value is -2.25. The SMILES string of the molecule is CN1CC(c2ccccc2)CC2(CCN(Cc3nc(C(N)=O)no3)CC2)C1. The second-order valence-electron chi connectivity index (χ2n) is 8.16. The molecular weight excluding hydrogens is 342 g/mol. The minimum absolute atomic E-state index is 0.0434. The van der Waals surface area contributed by atoms with Crippen molar-refractivity contribution in [3.8, 4) is 0 Å². The number of carbonyl (C=O) groups excluding carboxylic acids is 1. The molecule has 144 valence electrons. The van der Waals surface area contributed by atoms with Crippen LogP contribution in [0.3, 0.4) is 0 Å². The van der Waals surface area contributed by atoms with Crippen LogP contribution in [0.15, 0.2) is 34.9 Å². The summed E-state index contributed by atoms with van der Waals surface area (Å²) in [5, 5.41) is 3.62. The lowest BCUT2D eigenvalue weighted by Crippen LogP contribution is -2.50. The van der Waals surface area contributed by atoms with Crippen molar-refractivity contribution in [3.63, 3.8) is 0 Å². The summed E-state index contributed by atoms with van der Waals surface area (Å²) in [7, 11) is 2.24. The van der Waals surface area contributed by atoms with Gasteiger partial charge in [-0.05, 0) is 56.3 Å². The van der Waals surface area contributed by atoms with E-state index in [1.807, 2.05) is 0 Å². The molecule has 7 heteroatoms. The quantitative estimate of drug-likeness (QED) is 0.885. The number of carbonyl (C=O) groups is 1. The summed E-state index contributed by atoms with van der Waals surface area (Å²) in [6, 6.07) is 10.9. The molecule has 0 saturated carbocycles. The Morgan fingerprint density at radius 2 is 2.04 bits per heavy atom. The highest BCUT2D eigenvalue weighted by Crippen LogP contribution is 2.44. The number of likely N-dealkylation sites (tertiary alicyclic amines) is 2. The molecule has 1 aromatic carbocycles. The van der Waals surface area contributed by atoms with E-state index in [9.17, 15) is 4.79 Å². The zero-order valence-corrected chi connectivity index (χ0v) is 15.8. The lowest BCUT2D eigenvalue weighted by molar-refractivity contribution is 0.0191. The van der Waals surface area contributed by atoms with Gasteiger partial charge in [0.2, 0.25) is 5.89 Å². The summed E-state index contributed by atoms with van der Waals surface area (Å²) in [6.07, 6.45) is 3.58. The topological polar surface area (TPSA) is 88.5 Å². The summed E-state index contributed by atoms with van der Waals surface area (Å²) >= 11 is 0. The van der Waals surface area contributed by atoms with Crippen LogP contribution >= 0.6 is 0 Å². The van der Waals surface area contributed by atoms with E-state index in [4.69, 9.17) is 10.3 Å². The van der Waals surface area contributed by atoms with Crippen molar-refractivity contribution in [1.82, 2.24) is 19.9 Å². The number of likely N-dealkylation sites (N-methyl/N-ethyl adjacent to an activating group) is 1. The first-order chi connectivity index (χ1) is 13.0. The van der Waals surface area contributed by atoms with Gasteiger partial charge in [-0.25, -0.2) is 0 Å². The van der Waals surface area contributed by atoms with Gasteiger partial charge in [0.15, 0.2) is 0 Å². The molecule has 7 nitrogen and oxygen atoms in total. The van der Waals surface area contributed by atoms with Crippen molar-refractivity contribution in [2.75, 3.05) is 33.2 Å². The average Bonchev–Trinajstić information content (AvgIpc) is 3.13. The van der Waals surface area contributed by atoms with Crippen LogP contribution in [0.4, 0.5) is 0 Å². The van der Waals surface area contributed by atoms with Crippen molar-refractivity contribution >= 4 is 5.91 Å². The fourth-order valence-corrected chi connectivity index (χ4v) is 4.77. The van der Waals surface area contributed by atoms with E-state index in [0.29, 0.717) is 23.8 Å². The second-order valence-corrected chi connectivity index (χ2v) is 8.16. The third-order valence-corrected chi connectivity index (χ3v) is 6.05. The van der Waals surface area contributed by atoms with E-state index in [1.54, 1.807) is 0 Å². The Balaban J connectivity index is 1.38. The highest BCUT2D eigenvalue weighted by molar-refractivity contribution is 5.88. The van der Waals surface area contributed by atoms with Gasteiger partial charge >= 0.3 is 0 Å². The number of amides is 1. The van der Waals surface area contributed by atoms with Crippen LogP contribution in [0.2, 0.25) is 0 Å². The number of nitrogens with two attached hydrogens (primary N) is 1. The Morgan fingerprint density at radius 3 is 2.70 bits per heavy atom. The van der Waals surface area contributed by atoms with Gasteiger partial charge in [-0.1, -0.05) is 35.5 Å². The normalized spacial score (nSPS) is 23.5. The van der Waals surface area contributed by atoms with E-state index in [-0.39, 0.29) is 5.82 Å². The van der Waals surface area contributed by atoms with Crippen LogP contribution in [0.1, 0.15) is 47.3 Å². The van der Waals surface area contributed by atoms with Gasteiger partial charge in [-0.2, -0.15) is 4.98 Å². The minimum atomic E-state index is -0.653. The molecule has 1 amide bonds. The van der Waals surface area contributed by atoms with Crippen molar-refractivity contribution in [3.05, 3.63) is 47.6 Å². The molecule has 3 heterocycles. The van der Waals surface area contributed by atoms with Gasteiger partial charge in [0.05, 0.1) is 6.54 Å². The lowest BCUT2D eigenvalue weighted by Gasteiger charge is -2.49. The molecule has 2 fully saturated rings. The molecule has 0 aliphatic carbocycles. The van der Waals surface area contributed by atoms with Gasteiger partial charge in [-0.3, -0.25) is 9.69 Å². The largest absolute Gasteiger partial charge is 0.363 e. The summed E-state index contributed by atoms with van der Waals surface area (Å²) in [6.45, 7) is 4.88. The predicted octanol–water partition coefficient (Wildman–Crippen LogP) is 1.87. The summed E-state index contributed by atoms with van der Waals surface area (Å²) in [5.74, 6) is 0.367. The summed E-state index contributed by atoms with van der Waals surface area (Å²) in [4.78, 5) is 20.0. The van der Waals surface area contributed by atoms with Gasteiger partial charge in [-0.15, -0.1) is 0 Å². The summed E-state index contributed by atoms with van der Waals surface area (Å²) < 4.78 is 5.15. The van der Waals surface area contributed by atoms with E-state index < -0.39 is 5.91 Å². The molecule has 2 aromatic rings. The number of nitrogens with zero attached hydrogens (tertiary/aromatic N) is 4. The van der Waals surface area contributed by atoms with E-state index >= 15 is 0 Å². The average molecular weight is 369 g/mol. The molecule has 2 N–H and O–H groups in total. The van der Waals surface area contributed by atoms with Gasteiger partial charge < -0.3 is 15.2 Å². The zero-order chi connectivity index (χ0) is 18.9. The van der Waals surface area contributed by atoms with Gasteiger partial charge in [0.25, 0.3) is 11.7 Å². The smallest absolute Gasteiger partial charge is 0.290 e. The fourth-order valence-electron chi connectivity index (χ4n) is 4.77. The molecule has 1 atom stereocenters. The van der Waals surface area contributed by atoms with Crippen molar-refractivity contribution in [2.45, 2.75) is 31.7 Å². The molecule has 4 rings (SSSR count). The molecule has 2 saturated heterocycles. The first-order valence-electron chi connectivity index (χ1n) is 9.61. The van der Waals surface area contributed by atoms with Gasteiger partial charge in [0, 0.05) is 13.1 Å². The van der Waals surface area contributed by atoms with Crippen LogP contribution in [0.5, 0.6) is 0 Å². The highest BCUT2D eigenvalue weighted by atomic mass is 16.5. The number of hydrogen-bond donors (Lipinski definition) is 1. The standard InChI is InChI=1S/C20H27N5O2/c1-24-12-16(15-5-3-2-4-6-15)11-20(14-24)7-9-25(10-8-20)13-17-22-19(18(21)26)23-27-17/h2-6,16H,7-14H2,1H3,(H2,21,26). The van der Waals surface area contributed by atoms with E-state index in [1.165, 1.54) is 12.0 Å². The number of hydrogen-bond acceptors (Lipinski definition) is 6. The first kappa shape index (κ1) is 18.1. The fraction of sp³-hybridized carbons (Fsp3) is 0.550. The maximum absolute atomic E-state index is 11.1. The third kappa shape index (κ3) is 4.04. The number of aromatic nitrogens is 2. The molecular formula is C20H27N5O2. The lowest BCUT2D eigenvalue weighted by atomic mass is 9.68. The monoisotopic (exact) mass is 369 g/mol. The number of rotatable bonds is 4. The van der Waals surface area contributed by atoms with E-state index in [0.717, 1.165) is 39.0 Å². The van der Waals surface area contributed by atoms with Gasteiger partial charge in [0.1, 0.15) is 0 Å². The van der Waals surface area contributed by atoms with Crippen LogP contribution in [-0.2, 0) is 6.54 Å². The maximum Gasteiger partial charge on any atom is 0.290 e. The van der Waals surface area contributed by atoms with Crippen LogP contribution in [0.25, 0.3) is 0 Å². The highest BCUT2D eigenvalue weighted by Gasteiger charge is 2.41. The van der Waals surface area contributed by atoms with Crippen molar-refractivity contribution in [2.24, 2.45) is 11.1 Å². The second kappa shape index (κ2) is 7.40. The van der Waals surface area contributed by atoms with Crippen LogP contribution < -0.4 is 5.73 Å². The van der Waals surface area contributed by atoms with Crippen LogP contribution in [0, 0.1) is 5.41 Å². The zero-order valence-electron chi connectivity index (χ0n) is 15.8. The predicted molar refractivity (Wildman–Crippen MR) is 101 cm³/mol. The molecule has 2 aliphatic rings. The number of primary amides is 1. The third-order valence-electron chi connectivity index (χ3n) is 6.05. The Labute approximate surface area is 159 Å². The number of benzene rings is 1. The van der Waals surface area contributed by atoms with E-state index in [2.05, 4.69) is 57.3 Å². The molecule has 0 radical (unpaired) electrons. The molecule has 1 spiro atoms. The minimum Gasteiger partial charge on any atom is -0.363 e.